The Kier molecular flexibility index (Phi) is 5.18. The third-order valence-electron chi connectivity index (χ3n) is 2.38. The molecule has 4 nitrogen and oxygen atoms in total. The van der Waals surface area contributed by atoms with Crippen LogP contribution < -0.4 is 0 Å². The van der Waals surface area contributed by atoms with Gasteiger partial charge in [-0.25, -0.2) is 9.78 Å². The zero-order chi connectivity index (χ0) is 14.8. The summed E-state index contributed by atoms with van der Waals surface area (Å²) in [7, 11) is 1.30. The molecule has 0 aromatic carbocycles. The Labute approximate surface area is 123 Å². The van der Waals surface area contributed by atoms with Gasteiger partial charge in [0.25, 0.3) is 0 Å². The Bertz CT molecular complexity index is 484. The van der Waals surface area contributed by atoms with Crippen molar-refractivity contribution in [3.63, 3.8) is 0 Å². The SMILES string of the molecule is COC(=O)[C@@H](OC(C)(C)C)c1cnc(Cl)c(C)c1Cl. The fourth-order valence-corrected chi connectivity index (χ4v) is 1.90. The van der Waals surface area contributed by atoms with Crippen LogP contribution in [0.3, 0.4) is 0 Å². The summed E-state index contributed by atoms with van der Waals surface area (Å²) in [6.45, 7) is 7.25. The van der Waals surface area contributed by atoms with Crippen molar-refractivity contribution in [2.75, 3.05) is 7.11 Å². The lowest BCUT2D eigenvalue weighted by Crippen LogP contribution is -2.28. The standard InChI is InChI=1S/C13H17Cl2NO3/c1-7-9(14)8(6-16-11(7)15)10(12(17)18-5)19-13(2,3)4/h6,10H,1-5H3/t10-/m0/s1. The minimum absolute atomic E-state index is 0.299. The molecule has 1 aromatic rings. The van der Waals surface area contributed by atoms with Crippen LogP contribution in [0.2, 0.25) is 10.2 Å². The van der Waals surface area contributed by atoms with E-state index in [9.17, 15) is 4.79 Å². The highest BCUT2D eigenvalue weighted by molar-refractivity contribution is 6.35. The minimum Gasteiger partial charge on any atom is -0.467 e. The summed E-state index contributed by atoms with van der Waals surface area (Å²) in [5.41, 5.74) is 0.521. The lowest BCUT2D eigenvalue weighted by Gasteiger charge is -2.26. The molecule has 106 valence electrons. The van der Waals surface area contributed by atoms with Gasteiger partial charge in [0.05, 0.1) is 17.7 Å². The Morgan fingerprint density at radius 3 is 2.42 bits per heavy atom. The number of pyridine rings is 1. The van der Waals surface area contributed by atoms with Gasteiger partial charge in [0, 0.05) is 17.3 Å². The maximum absolute atomic E-state index is 11.9. The Balaban J connectivity index is 3.26. The van der Waals surface area contributed by atoms with Crippen LogP contribution in [0, 0.1) is 6.92 Å². The fraction of sp³-hybridized carbons (Fsp3) is 0.538. The first kappa shape index (κ1) is 16.2. The number of carbonyl (C=O) groups is 1. The second-order valence-electron chi connectivity index (χ2n) is 5.08. The number of nitrogens with zero attached hydrogens (tertiary/aromatic N) is 1. The number of carbonyl (C=O) groups excluding carboxylic acids is 1. The maximum atomic E-state index is 11.9. The molecule has 6 heteroatoms. The van der Waals surface area contributed by atoms with Gasteiger partial charge in [0.15, 0.2) is 6.10 Å². The summed E-state index contributed by atoms with van der Waals surface area (Å²) in [5, 5.41) is 0.660. The smallest absolute Gasteiger partial charge is 0.339 e. The van der Waals surface area contributed by atoms with Gasteiger partial charge in [-0.15, -0.1) is 0 Å². The van der Waals surface area contributed by atoms with Crippen LogP contribution in [0.4, 0.5) is 0 Å². The van der Waals surface area contributed by atoms with E-state index in [1.54, 1.807) is 6.92 Å². The maximum Gasteiger partial charge on any atom is 0.339 e. The first-order valence-electron chi connectivity index (χ1n) is 5.73. The average molecular weight is 306 g/mol. The van der Waals surface area contributed by atoms with E-state index < -0.39 is 17.7 Å². The van der Waals surface area contributed by atoms with Gasteiger partial charge in [-0.3, -0.25) is 0 Å². The molecule has 0 spiro atoms. The molecule has 1 heterocycles. The largest absolute Gasteiger partial charge is 0.467 e. The van der Waals surface area contributed by atoms with Crippen molar-refractivity contribution < 1.29 is 14.3 Å². The molecule has 0 unspecified atom stereocenters. The molecule has 0 bridgehead atoms. The predicted octanol–water partition coefficient (Wildman–Crippen LogP) is 3.73. The second-order valence-corrected chi connectivity index (χ2v) is 5.81. The Hall–Kier alpha value is -0.840. The molecule has 0 aliphatic heterocycles. The number of halogens is 2. The first-order valence-corrected chi connectivity index (χ1v) is 6.49. The third kappa shape index (κ3) is 4.06. The van der Waals surface area contributed by atoms with Gasteiger partial charge in [-0.2, -0.15) is 0 Å². The summed E-state index contributed by atoms with van der Waals surface area (Å²) >= 11 is 12.1. The van der Waals surface area contributed by atoms with Gasteiger partial charge >= 0.3 is 5.97 Å². The van der Waals surface area contributed by atoms with Crippen LogP contribution in [0.15, 0.2) is 6.20 Å². The molecular weight excluding hydrogens is 289 g/mol. The highest BCUT2D eigenvalue weighted by Crippen LogP contribution is 2.33. The lowest BCUT2D eigenvalue weighted by atomic mass is 10.1. The molecule has 0 saturated heterocycles. The summed E-state index contributed by atoms with van der Waals surface area (Å²) in [6.07, 6.45) is 0.506. The Morgan fingerprint density at radius 2 is 1.95 bits per heavy atom. The van der Waals surface area contributed by atoms with Crippen LogP contribution in [0.5, 0.6) is 0 Å². The topological polar surface area (TPSA) is 48.4 Å². The second kappa shape index (κ2) is 6.07. The summed E-state index contributed by atoms with van der Waals surface area (Å²) in [5.74, 6) is -0.527. The number of methoxy groups -OCH3 is 1. The fourth-order valence-electron chi connectivity index (χ4n) is 1.47. The van der Waals surface area contributed by atoms with Crippen molar-refractivity contribution >= 4 is 29.2 Å². The highest BCUT2D eigenvalue weighted by atomic mass is 35.5. The molecule has 0 fully saturated rings. The van der Waals surface area contributed by atoms with Gasteiger partial charge in [0.1, 0.15) is 5.15 Å². The van der Waals surface area contributed by atoms with Gasteiger partial charge in [-0.05, 0) is 27.7 Å². The van der Waals surface area contributed by atoms with Crippen LogP contribution in [0.1, 0.15) is 38.0 Å². The van der Waals surface area contributed by atoms with Crippen LogP contribution in [-0.2, 0) is 14.3 Å². The summed E-state index contributed by atoms with van der Waals surface area (Å²) < 4.78 is 10.5. The molecule has 0 aliphatic carbocycles. The first-order chi connectivity index (χ1) is 8.67. The Morgan fingerprint density at radius 1 is 1.37 bits per heavy atom. The molecule has 0 aliphatic rings. The molecule has 0 amide bonds. The average Bonchev–Trinajstić information content (AvgIpc) is 2.32. The van der Waals surface area contributed by atoms with E-state index in [0.717, 1.165) is 0 Å². The monoisotopic (exact) mass is 305 g/mol. The van der Waals surface area contributed by atoms with Gasteiger partial charge in [0.2, 0.25) is 0 Å². The van der Waals surface area contributed by atoms with E-state index in [1.807, 2.05) is 20.8 Å². The van der Waals surface area contributed by atoms with Crippen molar-refractivity contribution in [2.24, 2.45) is 0 Å². The molecule has 0 radical (unpaired) electrons. The minimum atomic E-state index is -0.930. The molecule has 0 saturated carbocycles. The molecule has 1 atom stereocenters. The molecule has 19 heavy (non-hydrogen) atoms. The quantitative estimate of drug-likeness (QED) is 0.630. The van der Waals surface area contributed by atoms with Crippen molar-refractivity contribution in [1.82, 2.24) is 4.98 Å². The normalized spacial score (nSPS) is 13.2. The van der Waals surface area contributed by atoms with Crippen molar-refractivity contribution in [1.29, 1.82) is 0 Å². The molecule has 0 N–H and O–H groups in total. The van der Waals surface area contributed by atoms with Crippen molar-refractivity contribution in [3.8, 4) is 0 Å². The molecule has 1 aromatic heterocycles. The van der Waals surface area contributed by atoms with Crippen molar-refractivity contribution in [2.45, 2.75) is 39.4 Å². The molecular formula is C13H17Cl2NO3. The van der Waals surface area contributed by atoms with E-state index >= 15 is 0 Å². The summed E-state index contributed by atoms with van der Waals surface area (Å²) in [6, 6.07) is 0. The number of ether oxygens (including phenoxy) is 2. The number of rotatable bonds is 3. The van der Waals surface area contributed by atoms with Crippen molar-refractivity contribution in [3.05, 3.63) is 27.5 Å². The van der Waals surface area contributed by atoms with Crippen LogP contribution in [-0.4, -0.2) is 23.7 Å². The summed E-state index contributed by atoms with van der Waals surface area (Å²) in [4.78, 5) is 15.9. The van der Waals surface area contributed by atoms with Gasteiger partial charge in [-0.1, -0.05) is 23.2 Å². The lowest BCUT2D eigenvalue weighted by molar-refractivity contribution is -0.164. The van der Waals surface area contributed by atoms with E-state index in [-0.39, 0.29) is 0 Å². The van der Waals surface area contributed by atoms with Crippen LogP contribution >= 0.6 is 23.2 Å². The third-order valence-corrected chi connectivity index (χ3v) is 3.26. The number of aromatic nitrogens is 1. The van der Waals surface area contributed by atoms with E-state index in [0.29, 0.717) is 21.3 Å². The molecule has 1 rings (SSSR count). The number of hydrogen-bond acceptors (Lipinski definition) is 4. The van der Waals surface area contributed by atoms with E-state index in [2.05, 4.69) is 4.98 Å². The number of hydrogen-bond donors (Lipinski definition) is 0. The zero-order valence-electron chi connectivity index (χ0n) is 11.6. The van der Waals surface area contributed by atoms with E-state index in [4.69, 9.17) is 32.7 Å². The predicted molar refractivity (Wildman–Crippen MR) is 74.6 cm³/mol. The van der Waals surface area contributed by atoms with E-state index in [1.165, 1.54) is 13.3 Å². The highest BCUT2D eigenvalue weighted by Gasteiger charge is 2.30. The van der Waals surface area contributed by atoms with Gasteiger partial charge < -0.3 is 9.47 Å². The number of esters is 1. The van der Waals surface area contributed by atoms with Crippen LogP contribution in [0.25, 0.3) is 0 Å². The zero-order valence-corrected chi connectivity index (χ0v) is 13.1.